The van der Waals surface area contributed by atoms with E-state index in [9.17, 15) is 4.79 Å². The highest BCUT2D eigenvalue weighted by Gasteiger charge is 2.19. The van der Waals surface area contributed by atoms with Gasteiger partial charge in [-0.15, -0.1) is 0 Å². The smallest absolute Gasteiger partial charge is 0.347 e. The molecule has 0 saturated carbocycles. The second-order valence-corrected chi connectivity index (χ2v) is 6.74. The minimum Gasteiger partial charge on any atom is -0.403 e. The van der Waals surface area contributed by atoms with Crippen molar-refractivity contribution in [3.8, 4) is 22.7 Å². The van der Waals surface area contributed by atoms with E-state index in [4.69, 9.17) is 16.0 Å². The van der Waals surface area contributed by atoms with Gasteiger partial charge in [-0.3, -0.25) is 4.68 Å². The van der Waals surface area contributed by atoms with Crippen molar-refractivity contribution in [2.24, 2.45) is 7.05 Å². The molecule has 4 aromatic rings. The van der Waals surface area contributed by atoms with Gasteiger partial charge in [-0.2, -0.15) is 5.10 Å². The van der Waals surface area contributed by atoms with Gasteiger partial charge >= 0.3 is 5.63 Å². The SMILES string of the molecule is Cc1cc(C)c2nc(-c3cn(C)nc3-c3ccccc3Cl)oc(=O)c2c1. The maximum Gasteiger partial charge on any atom is 0.347 e. The van der Waals surface area contributed by atoms with Crippen LogP contribution in [-0.4, -0.2) is 14.8 Å². The third kappa shape index (κ3) is 2.70. The van der Waals surface area contributed by atoms with Crippen LogP contribution in [0.1, 0.15) is 11.1 Å². The highest BCUT2D eigenvalue weighted by molar-refractivity contribution is 6.33. The zero-order valence-electron chi connectivity index (χ0n) is 14.6. The van der Waals surface area contributed by atoms with Crippen molar-refractivity contribution in [3.63, 3.8) is 0 Å². The Hall–Kier alpha value is -2.92. The molecule has 2 aromatic carbocycles. The van der Waals surface area contributed by atoms with E-state index in [0.717, 1.165) is 16.7 Å². The highest BCUT2D eigenvalue weighted by atomic mass is 35.5. The van der Waals surface area contributed by atoms with Crippen LogP contribution >= 0.6 is 11.6 Å². The minimum absolute atomic E-state index is 0.234. The Morgan fingerprint density at radius 2 is 1.88 bits per heavy atom. The molecular weight excluding hydrogens is 350 g/mol. The fourth-order valence-corrected chi connectivity index (χ4v) is 3.37. The van der Waals surface area contributed by atoms with Crippen LogP contribution in [0.15, 0.2) is 51.8 Å². The zero-order valence-corrected chi connectivity index (χ0v) is 15.3. The number of rotatable bonds is 2. The topological polar surface area (TPSA) is 60.9 Å². The van der Waals surface area contributed by atoms with Crippen LogP contribution in [0.4, 0.5) is 0 Å². The normalized spacial score (nSPS) is 11.2. The molecule has 0 unspecified atom stereocenters. The van der Waals surface area contributed by atoms with E-state index < -0.39 is 5.63 Å². The third-order valence-corrected chi connectivity index (χ3v) is 4.59. The predicted octanol–water partition coefficient (Wildman–Crippen LogP) is 4.53. The fraction of sp³-hybridized carbons (Fsp3) is 0.150. The molecule has 0 N–H and O–H groups in total. The summed E-state index contributed by atoms with van der Waals surface area (Å²) in [5.41, 5.74) is 4.15. The molecule has 0 spiro atoms. The average Bonchev–Trinajstić information content (AvgIpc) is 2.97. The van der Waals surface area contributed by atoms with Gasteiger partial charge in [0.2, 0.25) is 5.89 Å². The molecule has 0 aliphatic heterocycles. The van der Waals surface area contributed by atoms with Crippen molar-refractivity contribution in [2.75, 3.05) is 0 Å². The summed E-state index contributed by atoms with van der Waals surface area (Å²) in [5.74, 6) is 0.234. The molecule has 2 aromatic heterocycles. The van der Waals surface area contributed by atoms with Crippen LogP contribution in [0.3, 0.4) is 0 Å². The largest absolute Gasteiger partial charge is 0.403 e. The molecule has 5 nitrogen and oxygen atoms in total. The number of nitrogens with zero attached hydrogens (tertiary/aromatic N) is 3. The van der Waals surface area contributed by atoms with Gasteiger partial charge in [0.25, 0.3) is 0 Å². The van der Waals surface area contributed by atoms with Gasteiger partial charge in [0.1, 0.15) is 5.69 Å². The number of aryl methyl sites for hydroxylation is 3. The predicted molar refractivity (Wildman–Crippen MR) is 102 cm³/mol. The summed E-state index contributed by atoms with van der Waals surface area (Å²) in [5, 5.41) is 5.55. The van der Waals surface area contributed by atoms with Crippen LogP contribution in [0.5, 0.6) is 0 Å². The second-order valence-electron chi connectivity index (χ2n) is 6.33. The van der Waals surface area contributed by atoms with Crippen molar-refractivity contribution in [1.29, 1.82) is 0 Å². The number of hydrogen-bond acceptors (Lipinski definition) is 4. The number of benzene rings is 2. The van der Waals surface area contributed by atoms with E-state index in [1.807, 2.05) is 38.1 Å². The van der Waals surface area contributed by atoms with Crippen LogP contribution in [0, 0.1) is 13.8 Å². The van der Waals surface area contributed by atoms with Crippen LogP contribution < -0.4 is 5.63 Å². The van der Waals surface area contributed by atoms with Crippen molar-refractivity contribution in [1.82, 2.24) is 14.8 Å². The lowest BCUT2D eigenvalue weighted by Gasteiger charge is -2.06. The molecule has 0 radical (unpaired) electrons. The lowest BCUT2D eigenvalue weighted by atomic mass is 10.1. The number of hydrogen-bond donors (Lipinski definition) is 0. The van der Waals surface area contributed by atoms with E-state index in [2.05, 4.69) is 10.1 Å². The Labute approximate surface area is 154 Å². The van der Waals surface area contributed by atoms with Crippen LogP contribution in [-0.2, 0) is 7.05 Å². The Bertz CT molecular complexity index is 1210. The zero-order chi connectivity index (χ0) is 18.4. The Morgan fingerprint density at radius 3 is 2.65 bits per heavy atom. The molecule has 0 amide bonds. The third-order valence-electron chi connectivity index (χ3n) is 4.26. The van der Waals surface area contributed by atoms with Crippen molar-refractivity contribution < 1.29 is 4.42 Å². The van der Waals surface area contributed by atoms with Crippen molar-refractivity contribution in [2.45, 2.75) is 13.8 Å². The molecule has 0 aliphatic rings. The van der Waals surface area contributed by atoms with Gasteiger partial charge in [-0.05, 0) is 37.1 Å². The second kappa shape index (κ2) is 6.11. The molecule has 26 heavy (non-hydrogen) atoms. The maximum atomic E-state index is 12.5. The molecule has 6 heteroatoms. The van der Waals surface area contributed by atoms with E-state index in [1.165, 1.54) is 0 Å². The van der Waals surface area contributed by atoms with Crippen molar-refractivity contribution in [3.05, 3.63) is 69.2 Å². The Morgan fingerprint density at radius 1 is 1.12 bits per heavy atom. The molecule has 0 fully saturated rings. The standard InChI is InChI=1S/C20H16ClN3O2/c1-11-8-12(2)17-14(9-11)20(25)26-19(22-17)15-10-24(3)23-18(15)13-6-4-5-7-16(13)21/h4-10H,1-3H3. The minimum atomic E-state index is -0.411. The molecule has 0 bridgehead atoms. The Kier molecular flexibility index (Phi) is 3.89. The van der Waals surface area contributed by atoms with Crippen molar-refractivity contribution >= 4 is 22.5 Å². The lowest BCUT2D eigenvalue weighted by Crippen LogP contribution is -2.04. The first-order valence-electron chi connectivity index (χ1n) is 8.15. The van der Waals surface area contributed by atoms with Gasteiger partial charge in [0.05, 0.1) is 21.5 Å². The van der Waals surface area contributed by atoms with Gasteiger partial charge in [-0.25, -0.2) is 9.78 Å². The summed E-state index contributed by atoms with van der Waals surface area (Å²) < 4.78 is 7.19. The summed E-state index contributed by atoms with van der Waals surface area (Å²) in [7, 11) is 1.80. The summed E-state index contributed by atoms with van der Waals surface area (Å²) >= 11 is 6.33. The Balaban J connectivity index is 2.01. The van der Waals surface area contributed by atoms with Gasteiger partial charge in [0, 0.05) is 18.8 Å². The van der Waals surface area contributed by atoms with Gasteiger partial charge < -0.3 is 4.42 Å². The van der Waals surface area contributed by atoms with E-state index >= 15 is 0 Å². The summed E-state index contributed by atoms with van der Waals surface area (Å²) in [6, 6.07) is 11.2. The molecule has 130 valence electrons. The summed E-state index contributed by atoms with van der Waals surface area (Å²) in [4.78, 5) is 17.2. The molecule has 2 heterocycles. The first kappa shape index (κ1) is 16.5. The van der Waals surface area contributed by atoms with E-state index in [0.29, 0.717) is 27.2 Å². The molecule has 0 saturated heterocycles. The van der Waals surface area contributed by atoms with E-state index in [1.54, 1.807) is 30.1 Å². The highest BCUT2D eigenvalue weighted by Crippen LogP contribution is 2.34. The van der Waals surface area contributed by atoms with Gasteiger partial charge in [-0.1, -0.05) is 35.9 Å². The van der Waals surface area contributed by atoms with Crippen LogP contribution in [0.2, 0.25) is 5.02 Å². The first-order valence-corrected chi connectivity index (χ1v) is 8.53. The first-order chi connectivity index (χ1) is 12.4. The molecule has 0 aliphatic carbocycles. The molecule has 4 rings (SSSR count). The molecule has 0 atom stereocenters. The molecular formula is C20H16ClN3O2. The lowest BCUT2D eigenvalue weighted by molar-refractivity contribution is 0.518. The quantitative estimate of drug-likeness (QED) is 0.523. The summed E-state index contributed by atoms with van der Waals surface area (Å²) in [6.45, 7) is 3.88. The monoisotopic (exact) mass is 365 g/mol. The van der Waals surface area contributed by atoms with Crippen LogP contribution in [0.25, 0.3) is 33.6 Å². The number of fused-ring (bicyclic) bond motifs is 1. The number of aromatic nitrogens is 3. The number of halogens is 1. The maximum absolute atomic E-state index is 12.5. The fourth-order valence-electron chi connectivity index (χ4n) is 3.14. The average molecular weight is 366 g/mol. The van der Waals surface area contributed by atoms with E-state index in [-0.39, 0.29) is 5.89 Å². The summed E-state index contributed by atoms with van der Waals surface area (Å²) in [6.07, 6.45) is 1.78. The van der Waals surface area contributed by atoms with Gasteiger partial charge in [0.15, 0.2) is 0 Å².